The van der Waals surface area contributed by atoms with Crippen LogP contribution in [0.2, 0.25) is 0 Å². The van der Waals surface area contributed by atoms with Crippen LogP contribution in [-0.4, -0.2) is 38.1 Å². The van der Waals surface area contributed by atoms with E-state index in [1.165, 1.54) is 19.3 Å². The largest absolute Gasteiger partial charge is 0.378 e. The SMILES string of the molecule is CN(C)c1ccc(CNC(=O)CCNC(=O)NC23CC4CC(CC(C4)C2)C3)cc1. The van der Waals surface area contributed by atoms with E-state index in [1.54, 1.807) is 0 Å². The molecule has 3 N–H and O–H groups in total. The highest BCUT2D eigenvalue weighted by Gasteiger charge is 2.51. The summed E-state index contributed by atoms with van der Waals surface area (Å²) in [5.41, 5.74) is 2.21. The van der Waals surface area contributed by atoms with Crippen molar-refractivity contribution >= 4 is 17.6 Å². The van der Waals surface area contributed by atoms with Crippen LogP contribution in [0.3, 0.4) is 0 Å². The molecule has 4 aliphatic rings. The molecular formula is C23H34N4O2. The fourth-order valence-corrected chi connectivity index (χ4v) is 6.04. The van der Waals surface area contributed by atoms with Gasteiger partial charge in [0, 0.05) is 44.8 Å². The maximum absolute atomic E-state index is 12.4. The van der Waals surface area contributed by atoms with Crippen molar-refractivity contribution in [3.05, 3.63) is 29.8 Å². The van der Waals surface area contributed by atoms with Crippen molar-refractivity contribution in [2.45, 2.75) is 57.0 Å². The van der Waals surface area contributed by atoms with E-state index in [2.05, 4.69) is 16.0 Å². The Kier molecular flexibility index (Phi) is 5.70. The summed E-state index contributed by atoms with van der Waals surface area (Å²) in [4.78, 5) is 26.6. The van der Waals surface area contributed by atoms with Gasteiger partial charge in [-0.25, -0.2) is 4.79 Å². The molecule has 1 aromatic rings. The summed E-state index contributed by atoms with van der Waals surface area (Å²) in [6.45, 7) is 0.871. The molecule has 6 nitrogen and oxygen atoms in total. The zero-order valence-corrected chi connectivity index (χ0v) is 17.7. The summed E-state index contributed by atoms with van der Waals surface area (Å²) in [6, 6.07) is 8.01. The Morgan fingerprint density at radius 1 is 0.966 bits per heavy atom. The first kappa shape index (κ1) is 20.0. The predicted octanol–water partition coefficient (Wildman–Crippen LogP) is 3.03. The number of rotatable bonds is 7. The molecule has 0 heterocycles. The molecule has 0 atom stereocenters. The van der Waals surface area contributed by atoms with Crippen molar-refractivity contribution < 1.29 is 9.59 Å². The van der Waals surface area contributed by atoms with Crippen LogP contribution in [-0.2, 0) is 11.3 Å². The molecule has 0 unspecified atom stereocenters. The summed E-state index contributed by atoms with van der Waals surface area (Å²) >= 11 is 0. The van der Waals surface area contributed by atoms with Crippen LogP contribution in [0.15, 0.2) is 24.3 Å². The van der Waals surface area contributed by atoms with E-state index in [4.69, 9.17) is 0 Å². The standard InChI is InChI=1S/C23H34N4O2/c1-27(2)20-5-3-16(4-6-20)15-25-21(28)7-8-24-22(29)26-23-12-17-9-18(13-23)11-19(10-17)14-23/h3-6,17-19H,7-15H2,1-2H3,(H,25,28)(H2,24,26,29). The van der Waals surface area contributed by atoms with E-state index < -0.39 is 0 Å². The Labute approximate surface area is 173 Å². The van der Waals surface area contributed by atoms with Crippen molar-refractivity contribution in [3.63, 3.8) is 0 Å². The van der Waals surface area contributed by atoms with Gasteiger partial charge in [-0.2, -0.15) is 0 Å². The Morgan fingerprint density at radius 3 is 2.10 bits per heavy atom. The predicted molar refractivity (Wildman–Crippen MR) is 115 cm³/mol. The number of hydrogen-bond donors (Lipinski definition) is 3. The quantitative estimate of drug-likeness (QED) is 0.661. The monoisotopic (exact) mass is 398 g/mol. The number of nitrogens with zero attached hydrogens (tertiary/aromatic N) is 1. The Bertz CT molecular complexity index is 708. The fraction of sp³-hybridized carbons (Fsp3) is 0.652. The van der Waals surface area contributed by atoms with Crippen LogP contribution >= 0.6 is 0 Å². The molecule has 0 spiro atoms. The van der Waals surface area contributed by atoms with Gasteiger partial charge in [0.1, 0.15) is 0 Å². The van der Waals surface area contributed by atoms with Gasteiger partial charge in [-0.3, -0.25) is 4.79 Å². The van der Waals surface area contributed by atoms with Gasteiger partial charge in [0.25, 0.3) is 0 Å². The lowest BCUT2D eigenvalue weighted by molar-refractivity contribution is -0.121. The van der Waals surface area contributed by atoms with Crippen molar-refractivity contribution in [1.29, 1.82) is 0 Å². The van der Waals surface area contributed by atoms with Gasteiger partial charge >= 0.3 is 6.03 Å². The number of anilines is 1. The van der Waals surface area contributed by atoms with Gasteiger partial charge in [0.05, 0.1) is 0 Å². The van der Waals surface area contributed by atoms with Gasteiger partial charge in [-0.05, 0) is 74.0 Å². The zero-order chi connectivity index (χ0) is 20.4. The molecule has 0 aliphatic heterocycles. The Balaban J connectivity index is 1.15. The lowest BCUT2D eigenvalue weighted by atomic mass is 9.53. The molecule has 1 aromatic carbocycles. The molecule has 6 heteroatoms. The summed E-state index contributed by atoms with van der Waals surface area (Å²) in [5, 5.41) is 9.10. The molecule has 0 radical (unpaired) electrons. The third-order valence-corrected chi connectivity index (χ3v) is 7.00. The average Bonchev–Trinajstić information content (AvgIpc) is 2.65. The van der Waals surface area contributed by atoms with E-state index in [9.17, 15) is 9.59 Å². The molecular weight excluding hydrogens is 364 g/mol. The van der Waals surface area contributed by atoms with Crippen LogP contribution in [0.4, 0.5) is 10.5 Å². The van der Waals surface area contributed by atoms with Gasteiger partial charge < -0.3 is 20.9 Å². The van der Waals surface area contributed by atoms with Gasteiger partial charge in [-0.15, -0.1) is 0 Å². The summed E-state index contributed by atoms with van der Waals surface area (Å²) < 4.78 is 0. The molecule has 4 bridgehead atoms. The molecule has 158 valence electrons. The Morgan fingerprint density at radius 2 is 1.55 bits per heavy atom. The number of hydrogen-bond acceptors (Lipinski definition) is 3. The lowest BCUT2D eigenvalue weighted by Gasteiger charge is -2.56. The van der Waals surface area contributed by atoms with Crippen LogP contribution < -0.4 is 20.9 Å². The molecule has 29 heavy (non-hydrogen) atoms. The number of urea groups is 1. The number of carbonyl (C=O) groups is 2. The van der Waals surface area contributed by atoms with Crippen LogP contribution in [0.1, 0.15) is 50.5 Å². The lowest BCUT2D eigenvalue weighted by Crippen LogP contribution is -2.61. The highest BCUT2D eigenvalue weighted by Crippen LogP contribution is 2.55. The molecule has 4 aliphatic carbocycles. The molecule has 3 amide bonds. The third-order valence-electron chi connectivity index (χ3n) is 7.00. The van der Waals surface area contributed by atoms with Crippen molar-refractivity contribution in [3.8, 4) is 0 Å². The summed E-state index contributed by atoms with van der Waals surface area (Å²) in [7, 11) is 4.01. The molecule has 0 aromatic heterocycles. The second-order valence-electron chi connectivity index (χ2n) is 9.67. The highest BCUT2D eigenvalue weighted by atomic mass is 16.2. The van der Waals surface area contributed by atoms with E-state index in [1.807, 2.05) is 43.3 Å². The van der Waals surface area contributed by atoms with Crippen LogP contribution in [0.5, 0.6) is 0 Å². The minimum atomic E-state index is -0.112. The summed E-state index contributed by atoms with van der Waals surface area (Å²) in [5.74, 6) is 2.37. The number of benzene rings is 1. The minimum absolute atomic E-state index is 0.0137. The molecule has 4 saturated carbocycles. The first-order chi connectivity index (χ1) is 13.9. The van der Waals surface area contributed by atoms with E-state index >= 15 is 0 Å². The van der Waals surface area contributed by atoms with E-state index in [0.717, 1.165) is 48.3 Å². The van der Waals surface area contributed by atoms with Gasteiger partial charge in [-0.1, -0.05) is 12.1 Å². The normalized spacial score (nSPS) is 29.4. The van der Waals surface area contributed by atoms with Gasteiger partial charge in [0.15, 0.2) is 0 Å². The number of amides is 3. The second-order valence-corrected chi connectivity index (χ2v) is 9.67. The summed E-state index contributed by atoms with van der Waals surface area (Å²) in [6.07, 6.45) is 7.80. The smallest absolute Gasteiger partial charge is 0.315 e. The fourth-order valence-electron chi connectivity index (χ4n) is 6.04. The molecule has 5 rings (SSSR count). The third kappa shape index (κ3) is 4.85. The highest BCUT2D eigenvalue weighted by molar-refractivity contribution is 5.78. The van der Waals surface area contributed by atoms with E-state index in [0.29, 0.717) is 19.5 Å². The number of carbonyl (C=O) groups excluding carboxylic acids is 2. The maximum atomic E-state index is 12.4. The van der Waals surface area contributed by atoms with Crippen molar-refractivity contribution in [2.24, 2.45) is 17.8 Å². The van der Waals surface area contributed by atoms with Crippen molar-refractivity contribution in [2.75, 3.05) is 25.5 Å². The van der Waals surface area contributed by atoms with Gasteiger partial charge in [0.2, 0.25) is 5.91 Å². The maximum Gasteiger partial charge on any atom is 0.315 e. The topological polar surface area (TPSA) is 73.5 Å². The number of nitrogens with one attached hydrogen (secondary N) is 3. The van der Waals surface area contributed by atoms with Crippen LogP contribution in [0.25, 0.3) is 0 Å². The first-order valence-corrected chi connectivity index (χ1v) is 11.0. The Hall–Kier alpha value is -2.24. The van der Waals surface area contributed by atoms with Crippen molar-refractivity contribution in [1.82, 2.24) is 16.0 Å². The average molecular weight is 399 g/mol. The molecule has 0 saturated heterocycles. The first-order valence-electron chi connectivity index (χ1n) is 11.0. The van der Waals surface area contributed by atoms with Crippen LogP contribution in [0, 0.1) is 17.8 Å². The zero-order valence-electron chi connectivity index (χ0n) is 17.7. The van der Waals surface area contributed by atoms with E-state index in [-0.39, 0.29) is 17.5 Å². The second kappa shape index (κ2) is 8.25. The molecule has 4 fully saturated rings. The minimum Gasteiger partial charge on any atom is -0.378 e.